The maximum atomic E-state index is 12.3. The zero-order valence-corrected chi connectivity index (χ0v) is 11.6. The van der Waals surface area contributed by atoms with Crippen molar-refractivity contribution in [3.8, 4) is 5.75 Å². The van der Waals surface area contributed by atoms with E-state index in [0.29, 0.717) is 6.54 Å². The number of rotatable bonds is 4. The first-order valence-corrected chi connectivity index (χ1v) is 6.82. The van der Waals surface area contributed by atoms with Crippen LogP contribution in [-0.2, 0) is 4.79 Å². The van der Waals surface area contributed by atoms with Crippen LogP contribution in [0.2, 0.25) is 0 Å². The quantitative estimate of drug-likeness (QED) is 0.902. The lowest BCUT2D eigenvalue weighted by molar-refractivity contribution is -0.140. The van der Waals surface area contributed by atoms with Gasteiger partial charge >= 0.3 is 0 Å². The van der Waals surface area contributed by atoms with Crippen LogP contribution in [0.25, 0.3) is 0 Å². The van der Waals surface area contributed by atoms with E-state index in [1.807, 2.05) is 29.2 Å². The Morgan fingerprint density at radius 1 is 1.42 bits per heavy atom. The molecule has 0 radical (unpaired) electrons. The van der Waals surface area contributed by atoms with Crippen molar-refractivity contribution in [3.05, 3.63) is 29.8 Å². The molecule has 0 aliphatic carbocycles. The SMILES string of the molecule is COc1ccc(C(C)N2CCC[C@@H](CN)C2=O)cc1. The average molecular weight is 262 g/mol. The average Bonchev–Trinajstić information content (AvgIpc) is 2.47. The van der Waals surface area contributed by atoms with Crippen LogP contribution < -0.4 is 10.5 Å². The number of ether oxygens (including phenoxy) is 1. The van der Waals surface area contributed by atoms with Crippen LogP contribution in [0.1, 0.15) is 31.4 Å². The van der Waals surface area contributed by atoms with Crippen LogP contribution in [0, 0.1) is 5.92 Å². The molecule has 0 saturated carbocycles. The molecule has 0 aromatic heterocycles. The van der Waals surface area contributed by atoms with Crippen LogP contribution in [0.3, 0.4) is 0 Å². The summed E-state index contributed by atoms with van der Waals surface area (Å²) in [6.45, 7) is 3.34. The van der Waals surface area contributed by atoms with Gasteiger partial charge < -0.3 is 15.4 Å². The third-order valence-corrected chi connectivity index (χ3v) is 3.93. The number of nitrogens with two attached hydrogens (primary N) is 1. The van der Waals surface area contributed by atoms with Gasteiger partial charge in [-0.3, -0.25) is 4.79 Å². The van der Waals surface area contributed by atoms with E-state index in [2.05, 4.69) is 6.92 Å². The van der Waals surface area contributed by atoms with Gasteiger partial charge in [-0.2, -0.15) is 0 Å². The van der Waals surface area contributed by atoms with E-state index in [1.54, 1.807) is 7.11 Å². The van der Waals surface area contributed by atoms with E-state index in [0.717, 1.165) is 30.7 Å². The van der Waals surface area contributed by atoms with Crippen molar-refractivity contribution in [2.45, 2.75) is 25.8 Å². The highest BCUT2D eigenvalue weighted by molar-refractivity contribution is 5.80. The molecule has 1 aliphatic heterocycles. The largest absolute Gasteiger partial charge is 0.497 e. The zero-order valence-electron chi connectivity index (χ0n) is 11.6. The van der Waals surface area contributed by atoms with Gasteiger partial charge in [-0.15, -0.1) is 0 Å². The standard InChI is InChI=1S/C15H22N2O2/c1-11(12-5-7-14(19-2)8-6-12)17-9-3-4-13(10-16)15(17)18/h5-8,11,13H,3-4,9-10,16H2,1-2H3/t11?,13-/m0/s1. The lowest BCUT2D eigenvalue weighted by Crippen LogP contribution is -2.44. The van der Waals surface area contributed by atoms with Crippen LogP contribution in [0.4, 0.5) is 0 Å². The number of carbonyl (C=O) groups is 1. The topological polar surface area (TPSA) is 55.6 Å². The molecule has 2 rings (SSSR count). The first-order valence-electron chi connectivity index (χ1n) is 6.82. The van der Waals surface area contributed by atoms with Crippen molar-refractivity contribution >= 4 is 5.91 Å². The fourth-order valence-electron chi connectivity index (χ4n) is 2.64. The van der Waals surface area contributed by atoms with Crippen molar-refractivity contribution in [3.63, 3.8) is 0 Å². The molecule has 1 aliphatic rings. The molecule has 1 aromatic rings. The second-order valence-electron chi connectivity index (χ2n) is 5.06. The predicted octanol–water partition coefficient (Wildman–Crippen LogP) is 1.95. The van der Waals surface area contributed by atoms with Gasteiger partial charge in [0.2, 0.25) is 5.91 Å². The van der Waals surface area contributed by atoms with E-state index in [9.17, 15) is 4.79 Å². The van der Waals surface area contributed by atoms with Crippen LogP contribution in [-0.4, -0.2) is 31.0 Å². The molecule has 1 fully saturated rings. The maximum Gasteiger partial charge on any atom is 0.227 e. The summed E-state index contributed by atoms with van der Waals surface area (Å²) in [4.78, 5) is 14.3. The van der Waals surface area contributed by atoms with Crippen molar-refractivity contribution in [1.82, 2.24) is 4.90 Å². The second-order valence-corrected chi connectivity index (χ2v) is 5.06. The summed E-state index contributed by atoms with van der Waals surface area (Å²) >= 11 is 0. The van der Waals surface area contributed by atoms with E-state index >= 15 is 0 Å². The van der Waals surface area contributed by atoms with E-state index < -0.39 is 0 Å². The Kier molecular flexibility index (Phi) is 4.43. The molecule has 104 valence electrons. The van der Waals surface area contributed by atoms with Gasteiger partial charge in [-0.05, 0) is 37.5 Å². The minimum atomic E-state index is -0.00514. The molecular weight excluding hydrogens is 240 g/mol. The number of piperidine rings is 1. The number of hydrogen-bond donors (Lipinski definition) is 1. The van der Waals surface area contributed by atoms with Crippen LogP contribution >= 0.6 is 0 Å². The summed E-state index contributed by atoms with van der Waals surface area (Å²) in [7, 11) is 1.65. The molecular formula is C15H22N2O2. The Morgan fingerprint density at radius 3 is 2.68 bits per heavy atom. The lowest BCUT2D eigenvalue weighted by Gasteiger charge is -2.36. The monoisotopic (exact) mass is 262 g/mol. The Balaban J connectivity index is 2.13. The lowest BCUT2D eigenvalue weighted by atomic mass is 9.94. The molecule has 4 heteroatoms. The fraction of sp³-hybridized carbons (Fsp3) is 0.533. The third kappa shape index (κ3) is 2.89. The molecule has 2 atom stereocenters. The van der Waals surface area contributed by atoms with Gasteiger partial charge in [0.25, 0.3) is 0 Å². The van der Waals surface area contributed by atoms with Gasteiger partial charge in [-0.25, -0.2) is 0 Å². The summed E-state index contributed by atoms with van der Waals surface area (Å²) in [5.74, 6) is 1.02. The predicted molar refractivity (Wildman–Crippen MR) is 74.9 cm³/mol. The fourth-order valence-corrected chi connectivity index (χ4v) is 2.64. The molecule has 1 heterocycles. The molecule has 4 nitrogen and oxygen atoms in total. The number of nitrogens with zero attached hydrogens (tertiary/aromatic N) is 1. The van der Waals surface area contributed by atoms with Gasteiger partial charge in [0.1, 0.15) is 5.75 Å². The van der Waals surface area contributed by atoms with Crippen LogP contribution in [0.15, 0.2) is 24.3 Å². The van der Waals surface area contributed by atoms with Crippen molar-refractivity contribution in [2.24, 2.45) is 11.7 Å². The first kappa shape index (κ1) is 13.9. The molecule has 1 aromatic carbocycles. The number of benzene rings is 1. The zero-order chi connectivity index (χ0) is 13.8. The molecule has 0 bridgehead atoms. The molecule has 1 saturated heterocycles. The Bertz CT molecular complexity index is 430. The summed E-state index contributed by atoms with van der Waals surface area (Å²) in [5, 5.41) is 0. The van der Waals surface area contributed by atoms with Crippen molar-refractivity contribution in [1.29, 1.82) is 0 Å². The Labute approximate surface area is 114 Å². The summed E-state index contributed by atoms with van der Waals surface area (Å²) in [6, 6.07) is 7.99. The highest BCUT2D eigenvalue weighted by atomic mass is 16.5. The maximum absolute atomic E-state index is 12.3. The number of carbonyl (C=O) groups excluding carboxylic acids is 1. The number of amides is 1. The van der Waals surface area contributed by atoms with Crippen molar-refractivity contribution in [2.75, 3.05) is 20.2 Å². The summed E-state index contributed by atoms with van der Waals surface area (Å²) in [6.07, 6.45) is 1.95. The number of methoxy groups -OCH3 is 1. The summed E-state index contributed by atoms with van der Waals surface area (Å²) < 4.78 is 5.15. The first-order chi connectivity index (χ1) is 9.17. The summed E-state index contributed by atoms with van der Waals surface area (Å²) in [5.41, 5.74) is 6.80. The molecule has 0 spiro atoms. The smallest absolute Gasteiger partial charge is 0.227 e. The third-order valence-electron chi connectivity index (χ3n) is 3.93. The minimum Gasteiger partial charge on any atom is -0.497 e. The second kappa shape index (κ2) is 6.06. The molecule has 2 N–H and O–H groups in total. The van der Waals surface area contributed by atoms with Crippen LogP contribution in [0.5, 0.6) is 5.75 Å². The van der Waals surface area contributed by atoms with Gasteiger partial charge in [0, 0.05) is 13.1 Å². The highest BCUT2D eigenvalue weighted by Crippen LogP contribution is 2.28. The number of likely N-dealkylation sites (tertiary alicyclic amines) is 1. The molecule has 1 unspecified atom stereocenters. The van der Waals surface area contributed by atoms with E-state index in [4.69, 9.17) is 10.5 Å². The Hall–Kier alpha value is -1.55. The molecule has 19 heavy (non-hydrogen) atoms. The molecule has 1 amide bonds. The van der Waals surface area contributed by atoms with Crippen molar-refractivity contribution < 1.29 is 9.53 Å². The highest BCUT2D eigenvalue weighted by Gasteiger charge is 2.30. The minimum absolute atomic E-state index is 0.00514. The normalized spacial score (nSPS) is 21.3. The number of hydrogen-bond acceptors (Lipinski definition) is 3. The van der Waals surface area contributed by atoms with Gasteiger partial charge in [-0.1, -0.05) is 12.1 Å². The van der Waals surface area contributed by atoms with E-state index in [-0.39, 0.29) is 17.9 Å². The van der Waals surface area contributed by atoms with Gasteiger partial charge in [0.05, 0.1) is 19.1 Å². The Morgan fingerprint density at radius 2 is 2.11 bits per heavy atom. The van der Waals surface area contributed by atoms with Gasteiger partial charge in [0.15, 0.2) is 0 Å². The van der Waals surface area contributed by atoms with E-state index in [1.165, 1.54) is 0 Å².